The molecule has 7 aromatic rings. The van der Waals surface area contributed by atoms with E-state index in [0.29, 0.717) is 0 Å². The molecule has 46 heavy (non-hydrogen) atoms. The monoisotopic (exact) mass is 694 g/mol. The number of hydrogen-bond acceptors (Lipinski definition) is 7. The minimum absolute atomic E-state index is 0.0204. The number of hydrogen-bond donors (Lipinski definition) is 2. The van der Waals surface area contributed by atoms with Crippen LogP contribution in [0.25, 0.3) is 59.9 Å². The Hall–Kier alpha value is -4.12. The summed E-state index contributed by atoms with van der Waals surface area (Å²) in [6.45, 7) is 4.22. The fourth-order valence-corrected chi connectivity index (χ4v) is 11.2. The number of benzene rings is 2. The number of aliphatic carboxylic acids is 1. The second kappa shape index (κ2) is 12.6. The van der Waals surface area contributed by atoms with Gasteiger partial charge in [-0.25, -0.2) is 4.79 Å². The van der Waals surface area contributed by atoms with Crippen LogP contribution in [0.2, 0.25) is 0 Å². The van der Waals surface area contributed by atoms with Gasteiger partial charge in [0.2, 0.25) is 0 Å². The van der Waals surface area contributed by atoms with Gasteiger partial charge in [0.1, 0.15) is 0 Å². The molecule has 228 valence electrons. The number of carbonyl (C=O) groups is 2. The molecule has 5 heterocycles. The molecule has 7 rings (SSSR count). The zero-order chi connectivity index (χ0) is 31.9. The summed E-state index contributed by atoms with van der Waals surface area (Å²) >= 11 is 8.50. The van der Waals surface area contributed by atoms with Gasteiger partial charge in [-0.15, -0.1) is 56.7 Å². The molecule has 0 bridgehead atoms. The molecular formula is C37H26O4S5. The van der Waals surface area contributed by atoms with Gasteiger partial charge in [0.25, 0.3) is 0 Å². The Morgan fingerprint density at radius 3 is 1.74 bits per heavy atom. The van der Waals surface area contributed by atoms with Crippen molar-refractivity contribution in [3.8, 4) is 59.9 Å². The minimum atomic E-state index is -0.930. The van der Waals surface area contributed by atoms with Crippen LogP contribution in [0.3, 0.4) is 0 Å². The zero-order valence-electron chi connectivity index (χ0n) is 24.7. The second-order valence-electron chi connectivity index (χ2n) is 10.9. The average molecular weight is 695 g/mol. The van der Waals surface area contributed by atoms with Crippen LogP contribution in [0.15, 0.2) is 97.1 Å². The molecule has 5 aromatic heterocycles. The maximum absolute atomic E-state index is 11.9. The summed E-state index contributed by atoms with van der Waals surface area (Å²) in [5, 5.41) is 19.1. The Balaban J connectivity index is 1.18. The molecule has 0 spiro atoms. The molecule has 0 aliphatic carbocycles. The smallest absolute Gasteiger partial charge is 0.335 e. The van der Waals surface area contributed by atoms with Crippen LogP contribution in [0.4, 0.5) is 0 Å². The highest BCUT2D eigenvalue weighted by Crippen LogP contribution is 2.48. The zero-order valence-corrected chi connectivity index (χ0v) is 28.8. The normalized spacial score (nSPS) is 11.3. The molecule has 0 radical (unpaired) electrons. The molecule has 0 atom stereocenters. The summed E-state index contributed by atoms with van der Waals surface area (Å²) in [5.74, 6) is -1.77. The lowest BCUT2D eigenvalue weighted by atomic mass is 10.1. The van der Waals surface area contributed by atoms with Gasteiger partial charge in [0, 0.05) is 48.8 Å². The lowest BCUT2D eigenvalue weighted by Crippen LogP contribution is -1.99. The van der Waals surface area contributed by atoms with Gasteiger partial charge in [-0.2, -0.15) is 0 Å². The van der Waals surface area contributed by atoms with E-state index in [1.165, 1.54) is 31.3 Å². The summed E-state index contributed by atoms with van der Waals surface area (Å²) in [6, 6.07) is 32.5. The van der Waals surface area contributed by atoms with Crippen LogP contribution in [-0.2, 0) is 11.2 Å². The van der Waals surface area contributed by atoms with Gasteiger partial charge in [-0.3, -0.25) is 4.79 Å². The lowest BCUT2D eigenvalue weighted by molar-refractivity contribution is -0.136. The van der Waals surface area contributed by atoms with Crippen molar-refractivity contribution in [2.45, 2.75) is 20.3 Å². The van der Waals surface area contributed by atoms with Gasteiger partial charge in [0.15, 0.2) is 0 Å². The third-order valence-corrected chi connectivity index (χ3v) is 14.0. The van der Waals surface area contributed by atoms with E-state index >= 15 is 0 Å². The van der Waals surface area contributed by atoms with Crippen molar-refractivity contribution in [2.75, 3.05) is 0 Å². The number of carboxylic acids is 2. The summed E-state index contributed by atoms with van der Waals surface area (Å²) in [4.78, 5) is 34.5. The third kappa shape index (κ3) is 6.17. The minimum Gasteiger partial charge on any atom is -0.481 e. The number of rotatable bonds is 9. The highest BCUT2D eigenvalue weighted by molar-refractivity contribution is 7.30. The van der Waals surface area contributed by atoms with Gasteiger partial charge in [-0.1, -0.05) is 42.0 Å². The highest BCUT2D eigenvalue weighted by atomic mass is 32.1. The number of thiophene rings is 5. The van der Waals surface area contributed by atoms with Gasteiger partial charge in [-0.05, 0) is 96.8 Å². The number of carboxylic acid groups (broad SMARTS) is 2. The largest absolute Gasteiger partial charge is 0.481 e. The molecule has 0 saturated carbocycles. The molecule has 0 saturated heterocycles. The van der Waals surface area contributed by atoms with Crippen LogP contribution in [0.1, 0.15) is 27.0 Å². The number of aromatic carboxylic acids is 1. The molecule has 0 aliphatic rings. The summed E-state index contributed by atoms with van der Waals surface area (Å²) in [5.41, 5.74) is 5.62. The summed E-state index contributed by atoms with van der Waals surface area (Å²) in [7, 11) is 0. The molecule has 4 nitrogen and oxygen atoms in total. The molecule has 0 amide bonds. The molecule has 0 aliphatic heterocycles. The lowest BCUT2D eigenvalue weighted by Gasteiger charge is -1.99. The maximum Gasteiger partial charge on any atom is 0.335 e. The Bertz CT molecular complexity index is 2240. The average Bonchev–Trinajstić information content (AvgIpc) is 3.86. The van der Waals surface area contributed by atoms with Crippen molar-refractivity contribution in [1.29, 1.82) is 0 Å². The van der Waals surface area contributed by atoms with Gasteiger partial charge >= 0.3 is 11.9 Å². The molecule has 0 fully saturated rings. The SMILES string of the molecule is Cc1cccc(-c2ccc(-c3cc(CC(=O)O)c(-c4ccc(-c5sc(-c6ccc(-c7cccc(C(=O)O)c7)s6)cc5C)s4)s3)s2)c1. The topological polar surface area (TPSA) is 74.6 Å². The van der Waals surface area contributed by atoms with Gasteiger partial charge in [0.05, 0.1) is 12.0 Å². The Kier molecular flexibility index (Phi) is 8.35. The Morgan fingerprint density at radius 1 is 0.543 bits per heavy atom. The van der Waals surface area contributed by atoms with Crippen molar-refractivity contribution < 1.29 is 19.8 Å². The predicted molar refractivity (Wildman–Crippen MR) is 196 cm³/mol. The molecule has 2 aromatic carbocycles. The predicted octanol–water partition coefficient (Wildman–Crippen LogP) is 11.9. The second-order valence-corrected chi connectivity index (χ2v) is 16.3. The Labute approximate surface area is 286 Å². The van der Waals surface area contributed by atoms with Crippen molar-refractivity contribution >= 4 is 68.6 Å². The quantitative estimate of drug-likeness (QED) is 0.158. The molecule has 0 unspecified atom stereocenters. The first-order valence-electron chi connectivity index (χ1n) is 14.4. The molecular weight excluding hydrogens is 669 g/mol. The maximum atomic E-state index is 11.9. The van der Waals surface area contributed by atoms with E-state index in [1.807, 2.05) is 12.1 Å². The fourth-order valence-electron chi connectivity index (χ4n) is 5.34. The summed E-state index contributed by atoms with van der Waals surface area (Å²) < 4.78 is 0. The van der Waals surface area contributed by atoms with Crippen LogP contribution in [-0.4, -0.2) is 22.2 Å². The first-order chi connectivity index (χ1) is 22.2. The van der Waals surface area contributed by atoms with Crippen LogP contribution < -0.4 is 0 Å². The highest BCUT2D eigenvalue weighted by Gasteiger charge is 2.20. The first-order valence-corrected chi connectivity index (χ1v) is 18.5. The first kappa shape index (κ1) is 30.5. The van der Waals surface area contributed by atoms with Crippen LogP contribution in [0.5, 0.6) is 0 Å². The van der Waals surface area contributed by atoms with E-state index in [4.69, 9.17) is 0 Å². The van der Waals surface area contributed by atoms with E-state index in [-0.39, 0.29) is 12.0 Å². The van der Waals surface area contributed by atoms with E-state index in [1.54, 1.807) is 74.9 Å². The van der Waals surface area contributed by atoms with Crippen molar-refractivity contribution in [2.24, 2.45) is 0 Å². The standard InChI is InChI=1S/C37H26O4S5/c1-20-5-3-6-22(15-20)26-9-12-29(42-26)33-18-25(19-34(38)39)36(46-33)31-14-13-30(44-31)35-21(2)16-32(45-35)28-11-10-27(43-28)23-7-4-8-24(17-23)37(40)41/h3-18H,19H2,1-2H3,(H,38,39)(H,40,41). The van der Waals surface area contributed by atoms with Gasteiger partial charge < -0.3 is 10.2 Å². The molecule has 2 N–H and O–H groups in total. The van der Waals surface area contributed by atoms with Crippen molar-refractivity contribution in [1.82, 2.24) is 0 Å². The third-order valence-electron chi connectivity index (χ3n) is 7.52. The summed E-state index contributed by atoms with van der Waals surface area (Å²) in [6.07, 6.45) is -0.0204. The van der Waals surface area contributed by atoms with E-state index in [9.17, 15) is 19.8 Å². The Morgan fingerprint density at radius 2 is 1.09 bits per heavy atom. The van der Waals surface area contributed by atoms with Crippen LogP contribution in [0, 0.1) is 13.8 Å². The van der Waals surface area contributed by atoms with E-state index in [2.05, 4.69) is 80.6 Å². The van der Waals surface area contributed by atoms with Crippen LogP contribution >= 0.6 is 56.7 Å². The fraction of sp³-hybridized carbons (Fsp3) is 0.0811. The van der Waals surface area contributed by atoms with E-state index < -0.39 is 11.9 Å². The van der Waals surface area contributed by atoms with E-state index in [0.717, 1.165) is 45.3 Å². The number of aryl methyl sites for hydroxylation is 2. The van der Waals surface area contributed by atoms with Crippen molar-refractivity contribution in [3.05, 3.63) is 119 Å². The van der Waals surface area contributed by atoms with Crippen molar-refractivity contribution in [3.63, 3.8) is 0 Å². The molecule has 9 heteroatoms.